The standard InChI is InChI=1S/C31H18BrNO/c32-21-16-14-20(15-17-21)31-24-18-27-30(23-11-5-7-13-26(23)34-27)28(19-8-2-1-3-9-19)29(24)22-10-4-6-12-25(22)33-31/h1-18H. The molecule has 2 nitrogen and oxygen atoms in total. The van der Waals surface area contributed by atoms with E-state index in [1.165, 1.54) is 16.5 Å². The van der Waals surface area contributed by atoms with Gasteiger partial charge in [-0.3, -0.25) is 0 Å². The van der Waals surface area contributed by atoms with E-state index in [-0.39, 0.29) is 0 Å². The molecule has 160 valence electrons. The number of nitrogens with zero attached hydrogens (tertiary/aromatic N) is 1. The van der Waals surface area contributed by atoms with Gasteiger partial charge in [-0.15, -0.1) is 0 Å². The molecule has 0 aliphatic carbocycles. The van der Waals surface area contributed by atoms with Crippen LogP contribution in [0.3, 0.4) is 0 Å². The van der Waals surface area contributed by atoms with Crippen LogP contribution in [0.15, 0.2) is 118 Å². The summed E-state index contributed by atoms with van der Waals surface area (Å²) in [4.78, 5) is 5.14. The number of pyridine rings is 1. The molecule has 0 amide bonds. The molecule has 0 saturated heterocycles. The van der Waals surface area contributed by atoms with Gasteiger partial charge < -0.3 is 4.42 Å². The molecule has 0 N–H and O–H groups in total. The minimum atomic E-state index is 0.878. The average molecular weight is 500 g/mol. The van der Waals surface area contributed by atoms with E-state index in [1.54, 1.807) is 0 Å². The molecule has 0 unspecified atom stereocenters. The van der Waals surface area contributed by atoms with E-state index < -0.39 is 0 Å². The normalized spacial score (nSPS) is 11.7. The molecule has 0 bridgehead atoms. The Morgan fingerprint density at radius 3 is 2.09 bits per heavy atom. The van der Waals surface area contributed by atoms with E-state index >= 15 is 0 Å². The number of hydrogen-bond acceptors (Lipinski definition) is 2. The van der Waals surface area contributed by atoms with E-state index in [1.807, 2.05) is 12.1 Å². The van der Waals surface area contributed by atoms with Gasteiger partial charge in [0.2, 0.25) is 0 Å². The van der Waals surface area contributed by atoms with Gasteiger partial charge in [0.1, 0.15) is 11.2 Å². The second kappa shape index (κ2) is 7.54. The van der Waals surface area contributed by atoms with Crippen LogP contribution in [-0.4, -0.2) is 4.98 Å². The first kappa shape index (κ1) is 19.5. The predicted molar refractivity (Wildman–Crippen MR) is 145 cm³/mol. The third kappa shape index (κ3) is 2.91. The molecule has 0 atom stereocenters. The Hall–Kier alpha value is -3.95. The first-order valence-electron chi connectivity index (χ1n) is 11.3. The van der Waals surface area contributed by atoms with E-state index in [0.29, 0.717) is 0 Å². The van der Waals surface area contributed by atoms with Gasteiger partial charge in [-0.1, -0.05) is 94.8 Å². The summed E-state index contributed by atoms with van der Waals surface area (Å²) in [5, 5.41) is 5.71. The topological polar surface area (TPSA) is 26.0 Å². The fourth-order valence-electron chi connectivity index (χ4n) is 5.04. The number of aromatic nitrogens is 1. The van der Waals surface area contributed by atoms with Gasteiger partial charge in [0, 0.05) is 42.5 Å². The molecular weight excluding hydrogens is 482 g/mol. The molecule has 2 heterocycles. The highest BCUT2D eigenvalue weighted by atomic mass is 79.9. The third-order valence-electron chi connectivity index (χ3n) is 6.51. The van der Waals surface area contributed by atoms with Crippen molar-refractivity contribution in [3.63, 3.8) is 0 Å². The molecule has 2 aromatic heterocycles. The van der Waals surface area contributed by atoms with Crippen molar-refractivity contribution < 1.29 is 4.42 Å². The summed E-state index contributed by atoms with van der Waals surface area (Å²) >= 11 is 3.57. The second-order valence-electron chi connectivity index (χ2n) is 8.50. The Balaban J connectivity index is 1.78. The van der Waals surface area contributed by atoms with Gasteiger partial charge in [0.15, 0.2) is 0 Å². The van der Waals surface area contributed by atoms with Crippen LogP contribution in [0.4, 0.5) is 0 Å². The Bertz CT molecular complexity index is 1850. The Morgan fingerprint density at radius 1 is 0.559 bits per heavy atom. The maximum absolute atomic E-state index is 6.41. The lowest BCUT2D eigenvalue weighted by Gasteiger charge is -2.15. The molecule has 0 aliphatic heterocycles. The van der Waals surface area contributed by atoms with Gasteiger partial charge in [-0.05, 0) is 35.9 Å². The SMILES string of the molecule is Brc1ccc(-c2nc3ccccc3c3c(-c4ccccc4)c4c(cc23)oc2ccccc24)cc1. The van der Waals surface area contributed by atoms with Crippen molar-refractivity contribution in [1.82, 2.24) is 4.98 Å². The first-order chi connectivity index (χ1) is 16.8. The van der Waals surface area contributed by atoms with Crippen LogP contribution in [0.1, 0.15) is 0 Å². The van der Waals surface area contributed by atoms with E-state index in [9.17, 15) is 0 Å². The van der Waals surface area contributed by atoms with Crippen molar-refractivity contribution in [3.05, 3.63) is 114 Å². The van der Waals surface area contributed by atoms with Gasteiger partial charge in [-0.25, -0.2) is 4.98 Å². The van der Waals surface area contributed by atoms with Crippen LogP contribution in [0, 0.1) is 0 Å². The molecule has 0 fully saturated rings. The van der Waals surface area contributed by atoms with Gasteiger partial charge in [0.25, 0.3) is 0 Å². The van der Waals surface area contributed by atoms with Gasteiger partial charge in [0.05, 0.1) is 11.2 Å². The van der Waals surface area contributed by atoms with Crippen molar-refractivity contribution in [2.75, 3.05) is 0 Å². The fraction of sp³-hybridized carbons (Fsp3) is 0. The molecule has 0 aliphatic rings. The van der Waals surface area contributed by atoms with Crippen molar-refractivity contribution in [2.45, 2.75) is 0 Å². The highest BCUT2D eigenvalue weighted by Gasteiger charge is 2.21. The summed E-state index contributed by atoms with van der Waals surface area (Å²) in [7, 11) is 0. The maximum atomic E-state index is 6.41. The number of hydrogen-bond donors (Lipinski definition) is 0. The van der Waals surface area contributed by atoms with E-state index in [0.717, 1.165) is 54.0 Å². The molecule has 3 heteroatoms. The second-order valence-corrected chi connectivity index (χ2v) is 9.41. The van der Waals surface area contributed by atoms with Gasteiger partial charge in [-0.2, -0.15) is 0 Å². The van der Waals surface area contributed by atoms with Crippen LogP contribution in [0.5, 0.6) is 0 Å². The number of fused-ring (bicyclic) bond motifs is 6. The van der Waals surface area contributed by atoms with Crippen LogP contribution in [0.25, 0.3) is 66.0 Å². The van der Waals surface area contributed by atoms with Crippen molar-refractivity contribution in [2.24, 2.45) is 0 Å². The maximum Gasteiger partial charge on any atom is 0.136 e. The summed E-state index contributed by atoms with van der Waals surface area (Å²) in [5.74, 6) is 0. The number of benzene rings is 5. The molecule has 0 saturated carbocycles. The molecule has 7 aromatic rings. The monoisotopic (exact) mass is 499 g/mol. The molecule has 5 aromatic carbocycles. The zero-order valence-electron chi connectivity index (χ0n) is 18.1. The zero-order chi connectivity index (χ0) is 22.6. The number of furan rings is 1. The summed E-state index contributed by atoms with van der Waals surface area (Å²) in [6.07, 6.45) is 0. The minimum absolute atomic E-state index is 0.878. The van der Waals surface area contributed by atoms with Crippen LogP contribution in [-0.2, 0) is 0 Å². The molecule has 7 rings (SSSR count). The highest BCUT2D eigenvalue weighted by Crippen LogP contribution is 2.46. The first-order valence-corrected chi connectivity index (χ1v) is 12.1. The molecule has 0 spiro atoms. The zero-order valence-corrected chi connectivity index (χ0v) is 19.7. The van der Waals surface area contributed by atoms with Gasteiger partial charge >= 0.3 is 0 Å². The lowest BCUT2D eigenvalue weighted by molar-refractivity contribution is 0.669. The Labute approximate surface area is 204 Å². The summed E-state index contributed by atoms with van der Waals surface area (Å²) in [5.41, 5.74) is 7.15. The Kier molecular flexibility index (Phi) is 4.33. The van der Waals surface area contributed by atoms with Crippen molar-refractivity contribution >= 4 is 59.5 Å². The molecule has 0 radical (unpaired) electrons. The lowest BCUT2D eigenvalue weighted by Crippen LogP contribution is -1.93. The third-order valence-corrected chi connectivity index (χ3v) is 7.04. The number of halogens is 1. The fourth-order valence-corrected chi connectivity index (χ4v) is 5.30. The summed E-state index contributed by atoms with van der Waals surface area (Å²) in [6, 6.07) is 37.9. The molecular formula is C31H18BrNO. The Morgan fingerprint density at radius 2 is 1.26 bits per heavy atom. The van der Waals surface area contributed by atoms with E-state index in [2.05, 4.69) is 113 Å². The van der Waals surface area contributed by atoms with Crippen LogP contribution < -0.4 is 0 Å². The largest absolute Gasteiger partial charge is 0.456 e. The molecule has 34 heavy (non-hydrogen) atoms. The van der Waals surface area contributed by atoms with Crippen molar-refractivity contribution in [1.29, 1.82) is 0 Å². The smallest absolute Gasteiger partial charge is 0.136 e. The van der Waals surface area contributed by atoms with Crippen molar-refractivity contribution in [3.8, 4) is 22.4 Å². The predicted octanol–water partition coefficient (Wildman–Crippen LogP) is 9.38. The summed E-state index contributed by atoms with van der Waals surface area (Å²) in [6.45, 7) is 0. The minimum Gasteiger partial charge on any atom is -0.456 e. The summed E-state index contributed by atoms with van der Waals surface area (Å²) < 4.78 is 7.46. The highest BCUT2D eigenvalue weighted by molar-refractivity contribution is 9.10. The van der Waals surface area contributed by atoms with E-state index in [4.69, 9.17) is 9.40 Å². The van der Waals surface area contributed by atoms with Crippen LogP contribution >= 0.6 is 15.9 Å². The average Bonchev–Trinajstić information content (AvgIpc) is 3.26. The quantitative estimate of drug-likeness (QED) is 0.221. The lowest BCUT2D eigenvalue weighted by atomic mass is 9.89. The number of rotatable bonds is 2. The van der Waals surface area contributed by atoms with Crippen LogP contribution in [0.2, 0.25) is 0 Å². The number of para-hydroxylation sites is 2.